The first-order chi connectivity index (χ1) is 9.68. The molecule has 2 heterocycles. The molecule has 1 atom stereocenters. The fraction of sp³-hybridized carbons (Fsp3) is 0.786. The van der Waals surface area contributed by atoms with Gasteiger partial charge in [0.15, 0.2) is 5.78 Å². The van der Waals surface area contributed by atoms with Gasteiger partial charge in [-0.2, -0.15) is 0 Å². The first-order valence-electron chi connectivity index (χ1n) is 7.00. The van der Waals surface area contributed by atoms with Crippen molar-refractivity contribution in [3.63, 3.8) is 0 Å². The van der Waals surface area contributed by atoms with Crippen LogP contribution in [0.25, 0.3) is 0 Å². The van der Waals surface area contributed by atoms with Crippen LogP contribution in [0.1, 0.15) is 27.7 Å². The summed E-state index contributed by atoms with van der Waals surface area (Å²) in [5.41, 5.74) is -1.53. The summed E-state index contributed by atoms with van der Waals surface area (Å²) in [6.45, 7) is 7.42. The Labute approximate surface area is 123 Å². The van der Waals surface area contributed by atoms with Crippen LogP contribution in [0, 0.1) is 5.92 Å². The minimum absolute atomic E-state index is 0.119. The number of hydrogen-bond donors (Lipinski definition) is 0. The number of esters is 1. The van der Waals surface area contributed by atoms with Crippen LogP contribution in [0.4, 0.5) is 4.79 Å². The molecule has 0 aromatic heterocycles. The highest BCUT2D eigenvalue weighted by Gasteiger charge is 2.62. The zero-order valence-electron chi connectivity index (χ0n) is 12.8. The predicted molar refractivity (Wildman–Crippen MR) is 71.6 cm³/mol. The number of carbonyl (C=O) groups is 3. The van der Waals surface area contributed by atoms with E-state index in [0.717, 1.165) is 0 Å². The number of ketones is 1. The maximum atomic E-state index is 11.9. The summed E-state index contributed by atoms with van der Waals surface area (Å²) in [6.07, 6.45) is -0.473. The Kier molecular flexibility index (Phi) is 3.97. The third-order valence-corrected chi connectivity index (χ3v) is 3.44. The molecule has 2 fully saturated rings. The van der Waals surface area contributed by atoms with Gasteiger partial charge in [-0.05, 0) is 27.7 Å². The number of carbonyl (C=O) groups excluding carboxylic acids is 3. The second kappa shape index (κ2) is 5.29. The summed E-state index contributed by atoms with van der Waals surface area (Å²) in [5.74, 6) is -1.82. The van der Waals surface area contributed by atoms with Crippen molar-refractivity contribution in [2.45, 2.75) is 38.9 Å². The van der Waals surface area contributed by atoms with E-state index in [-0.39, 0.29) is 32.1 Å². The molecule has 2 aliphatic heterocycles. The molecule has 118 valence electrons. The van der Waals surface area contributed by atoms with Gasteiger partial charge in [0.1, 0.15) is 23.7 Å². The molecule has 21 heavy (non-hydrogen) atoms. The smallest absolute Gasteiger partial charge is 0.410 e. The Morgan fingerprint density at radius 1 is 1.38 bits per heavy atom. The number of likely N-dealkylation sites (tertiary alicyclic amines) is 1. The highest BCUT2D eigenvalue weighted by atomic mass is 16.6. The fourth-order valence-electron chi connectivity index (χ4n) is 2.58. The lowest BCUT2D eigenvalue weighted by atomic mass is 9.80. The van der Waals surface area contributed by atoms with Crippen molar-refractivity contribution >= 4 is 17.8 Å². The van der Waals surface area contributed by atoms with Gasteiger partial charge in [-0.1, -0.05) is 0 Å². The largest absolute Gasteiger partial charge is 0.465 e. The van der Waals surface area contributed by atoms with E-state index in [9.17, 15) is 14.4 Å². The lowest BCUT2D eigenvalue weighted by Crippen LogP contribution is -2.68. The zero-order valence-corrected chi connectivity index (χ0v) is 12.8. The molecule has 0 N–H and O–H groups in total. The first kappa shape index (κ1) is 15.8. The average molecular weight is 299 g/mol. The number of amides is 1. The standard InChI is InChI=1S/C14H21NO6/c1-5-19-11(17)10-9(16)6-20-14(10)7-15(8-14)12(18)21-13(2,3)4/h10H,5-8H2,1-4H3. The molecule has 1 spiro atoms. The first-order valence-corrected chi connectivity index (χ1v) is 7.00. The third kappa shape index (κ3) is 3.02. The minimum atomic E-state index is -0.948. The van der Waals surface area contributed by atoms with E-state index in [1.165, 1.54) is 4.90 Å². The van der Waals surface area contributed by atoms with Crippen LogP contribution in [-0.4, -0.2) is 60.3 Å². The van der Waals surface area contributed by atoms with Gasteiger partial charge in [0, 0.05) is 0 Å². The molecule has 0 aliphatic carbocycles. The van der Waals surface area contributed by atoms with Gasteiger partial charge in [-0.3, -0.25) is 9.59 Å². The average Bonchev–Trinajstić information content (AvgIpc) is 2.62. The molecule has 1 amide bonds. The summed E-state index contributed by atoms with van der Waals surface area (Å²) in [4.78, 5) is 37.1. The molecule has 2 rings (SSSR count). The maximum Gasteiger partial charge on any atom is 0.410 e. The van der Waals surface area contributed by atoms with Gasteiger partial charge < -0.3 is 19.1 Å². The second-order valence-corrected chi connectivity index (χ2v) is 6.34. The Morgan fingerprint density at radius 3 is 2.52 bits per heavy atom. The van der Waals surface area contributed by atoms with Crippen molar-refractivity contribution in [3.05, 3.63) is 0 Å². The monoisotopic (exact) mass is 299 g/mol. The van der Waals surface area contributed by atoms with Gasteiger partial charge >= 0.3 is 12.1 Å². The van der Waals surface area contributed by atoms with Crippen LogP contribution < -0.4 is 0 Å². The molecule has 2 aliphatic rings. The number of ether oxygens (including phenoxy) is 3. The van der Waals surface area contributed by atoms with Crippen molar-refractivity contribution in [3.8, 4) is 0 Å². The molecule has 1 unspecified atom stereocenters. The van der Waals surface area contributed by atoms with Crippen LogP contribution in [0.5, 0.6) is 0 Å². The van der Waals surface area contributed by atoms with E-state index in [1.807, 2.05) is 0 Å². The van der Waals surface area contributed by atoms with Crippen LogP contribution in [0.3, 0.4) is 0 Å². The van der Waals surface area contributed by atoms with E-state index < -0.39 is 29.2 Å². The Morgan fingerprint density at radius 2 is 2.00 bits per heavy atom. The van der Waals surface area contributed by atoms with E-state index in [2.05, 4.69) is 0 Å². The topological polar surface area (TPSA) is 82.1 Å². The Balaban J connectivity index is 2.01. The van der Waals surface area contributed by atoms with Crippen molar-refractivity contribution in [1.82, 2.24) is 4.90 Å². The summed E-state index contributed by atoms with van der Waals surface area (Å²) >= 11 is 0. The van der Waals surface area contributed by atoms with Crippen LogP contribution >= 0.6 is 0 Å². The maximum absolute atomic E-state index is 11.9. The van der Waals surface area contributed by atoms with Crippen LogP contribution in [0.2, 0.25) is 0 Å². The molecule has 0 aromatic rings. The van der Waals surface area contributed by atoms with E-state index in [0.29, 0.717) is 0 Å². The summed E-state index contributed by atoms with van der Waals surface area (Å²) in [6, 6.07) is 0. The van der Waals surface area contributed by atoms with Gasteiger partial charge in [-0.25, -0.2) is 4.79 Å². The highest BCUT2D eigenvalue weighted by molar-refractivity contribution is 6.03. The minimum Gasteiger partial charge on any atom is -0.465 e. The lowest BCUT2D eigenvalue weighted by Gasteiger charge is -2.48. The van der Waals surface area contributed by atoms with Gasteiger partial charge in [0.25, 0.3) is 0 Å². The van der Waals surface area contributed by atoms with Crippen molar-refractivity contribution < 1.29 is 28.6 Å². The normalized spacial score (nSPS) is 23.9. The third-order valence-electron chi connectivity index (χ3n) is 3.44. The molecule has 0 saturated carbocycles. The molecular formula is C14H21NO6. The predicted octanol–water partition coefficient (Wildman–Crippen LogP) is 0.754. The van der Waals surface area contributed by atoms with Gasteiger partial charge in [-0.15, -0.1) is 0 Å². The molecule has 7 nitrogen and oxygen atoms in total. The van der Waals surface area contributed by atoms with Crippen molar-refractivity contribution in [2.75, 3.05) is 26.3 Å². The summed E-state index contributed by atoms with van der Waals surface area (Å²) in [7, 11) is 0. The zero-order chi connectivity index (χ0) is 15.8. The molecule has 7 heteroatoms. The fourth-order valence-corrected chi connectivity index (χ4v) is 2.58. The Hall–Kier alpha value is -1.63. The molecule has 2 saturated heterocycles. The summed E-state index contributed by atoms with van der Waals surface area (Å²) in [5, 5.41) is 0. The van der Waals surface area contributed by atoms with Crippen molar-refractivity contribution in [1.29, 1.82) is 0 Å². The van der Waals surface area contributed by atoms with Crippen LogP contribution in [0.15, 0.2) is 0 Å². The SMILES string of the molecule is CCOC(=O)C1C(=O)COC12CN(C(=O)OC(C)(C)C)C2. The van der Waals surface area contributed by atoms with E-state index in [4.69, 9.17) is 14.2 Å². The molecule has 0 radical (unpaired) electrons. The van der Waals surface area contributed by atoms with Gasteiger partial charge in [0.2, 0.25) is 0 Å². The molecular weight excluding hydrogens is 278 g/mol. The Bertz CT molecular complexity index is 461. The highest BCUT2D eigenvalue weighted by Crippen LogP contribution is 2.39. The number of hydrogen-bond acceptors (Lipinski definition) is 6. The van der Waals surface area contributed by atoms with Crippen LogP contribution in [-0.2, 0) is 23.8 Å². The number of rotatable bonds is 2. The quantitative estimate of drug-likeness (QED) is 0.553. The van der Waals surface area contributed by atoms with Crippen molar-refractivity contribution in [2.24, 2.45) is 5.92 Å². The second-order valence-electron chi connectivity index (χ2n) is 6.34. The molecule has 0 aromatic carbocycles. The van der Waals surface area contributed by atoms with Gasteiger partial charge in [0.05, 0.1) is 19.7 Å². The number of nitrogens with zero attached hydrogens (tertiary/aromatic N) is 1. The van der Waals surface area contributed by atoms with E-state index in [1.54, 1.807) is 27.7 Å². The van der Waals surface area contributed by atoms with E-state index >= 15 is 0 Å². The summed E-state index contributed by atoms with van der Waals surface area (Å²) < 4.78 is 15.7. The lowest BCUT2D eigenvalue weighted by molar-refractivity contribution is -0.169. The number of Topliss-reactive ketones (excluding diaryl/α,β-unsaturated/α-hetero) is 1. The molecule has 0 bridgehead atoms.